The predicted octanol–water partition coefficient (Wildman–Crippen LogP) is 3.05. The van der Waals surface area contributed by atoms with E-state index >= 15 is 0 Å². The second-order valence-corrected chi connectivity index (χ2v) is 11.2. The molecule has 1 aliphatic heterocycles. The minimum absolute atomic E-state index is 0.0958. The Morgan fingerprint density at radius 2 is 1.40 bits per heavy atom. The van der Waals surface area contributed by atoms with Gasteiger partial charge in [0.15, 0.2) is 0 Å². The van der Waals surface area contributed by atoms with Crippen LogP contribution in [0.15, 0.2) is 34.1 Å². The Bertz CT molecular complexity index is 1160. The Hall–Kier alpha value is -1.94. The van der Waals surface area contributed by atoms with Gasteiger partial charge in [0.25, 0.3) is 10.0 Å². The van der Waals surface area contributed by atoms with Crippen LogP contribution in [0.3, 0.4) is 0 Å². The second kappa shape index (κ2) is 8.30. The third-order valence-electron chi connectivity index (χ3n) is 5.59. The van der Waals surface area contributed by atoms with Gasteiger partial charge in [0, 0.05) is 13.1 Å². The van der Waals surface area contributed by atoms with E-state index in [1.54, 1.807) is 32.9 Å². The zero-order valence-corrected chi connectivity index (χ0v) is 19.6. The van der Waals surface area contributed by atoms with Gasteiger partial charge in [0.05, 0.1) is 28.7 Å². The molecule has 2 aromatic carbocycles. The van der Waals surface area contributed by atoms with E-state index in [-0.39, 0.29) is 28.6 Å². The topological polar surface area (TPSA) is 92.8 Å². The molecule has 0 bridgehead atoms. The van der Waals surface area contributed by atoms with Crippen molar-refractivity contribution in [1.29, 1.82) is 0 Å². The lowest BCUT2D eigenvalue weighted by atomic mass is 10.0. The van der Waals surface area contributed by atoms with Crippen molar-refractivity contribution in [3.05, 3.63) is 52.1 Å². The monoisotopic (exact) mass is 452 g/mol. The summed E-state index contributed by atoms with van der Waals surface area (Å²) in [6, 6.07) is 6.55. The smallest absolute Gasteiger partial charge is 0.262 e. The third-order valence-corrected chi connectivity index (χ3v) is 9.29. The van der Waals surface area contributed by atoms with Crippen LogP contribution in [0.4, 0.5) is 5.69 Å². The zero-order valence-electron chi connectivity index (χ0n) is 17.9. The van der Waals surface area contributed by atoms with E-state index in [2.05, 4.69) is 4.72 Å². The van der Waals surface area contributed by atoms with Crippen LogP contribution in [-0.2, 0) is 24.8 Å². The van der Waals surface area contributed by atoms with Gasteiger partial charge in [-0.3, -0.25) is 4.72 Å². The van der Waals surface area contributed by atoms with Gasteiger partial charge in [0.2, 0.25) is 10.0 Å². The molecule has 0 spiro atoms. The number of ether oxygens (including phenoxy) is 1. The number of rotatable bonds is 5. The highest BCUT2D eigenvalue weighted by atomic mass is 32.2. The molecule has 9 heteroatoms. The van der Waals surface area contributed by atoms with Crippen molar-refractivity contribution >= 4 is 25.7 Å². The summed E-state index contributed by atoms with van der Waals surface area (Å²) in [5.74, 6) is 0. The first-order chi connectivity index (χ1) is 13.9. The van der Waals surface area contributed by atoms with Crippen molar-refractivity contribution in [2.75, 3.05) is 31.0 Å². The number of anilines is 1. The van der Waals surface area contributed by atoms with Crippen molar-refractivity contribution in [1.82, 2.24) is 4.31 Å². The molecular formula is C21H28N2O5S2. The van der Waals surface area contributed by atoms with E-state index in [0.29, 0.717) is 29.9 Å². The number of sulfonamides is 2. The summed E-state index contributed by atoms with van der Waals surface area (Å²) in [5.41, 5.74) is 3.90. The van der Waals surface area contributed by atoms with Crippen molar-refractivity contribution in [3.8, 4) is 0 Å². The van der Waals surface area contributed by atoms with E-state index in [1.165, 1.54) is 10.4 Å². The summed E-state index contributed by atoms with van der Waals surface area (Å²) >= 11 is 0. The van der Waals surface area contributed by atoms with Gasteiger partial charge in [-0.2, -0.15) is 4.31 Å². The first-order valence-corrected chi connectivity index (χ1v) is 12.7. The minimum atomic E-state index is -3.90. The van der Waals surface area contributed by atoms with Crippen LogP contribution < -0.4 is 4.72 Å². The molecule has 0 saturated carbocycles. The van der Waals surface area contributed by atoms with Crippen molar-refractivity contribution in [2.45, 2.75) is 44.4 Å². The number of nitrogens with zero attached hydrogens (tertiary/aromatic N) is 1. The SMILES string of the molecule is Cc1ccc(NS(=O)(=O)c2c(C)c(C)cc(C)c2C)cc1S(=O)(=O)N1CCOCC1. The Morgan fingerprint density at radius 1 is 0.833 bits per heavy atom. The fraction of sp³-hybridized carbons (Fsp3) is 0.429. The van der Waals surface area contributed by atoms with Gasteiger partial charge < -0.3 is 4.74 Å². The summed E-state index contributed by atoms with van der Waals surface area (Å²) < 4.78 is 61.8. The molecule has 0 aliphatic carbocycles. The van der Waals surface area contributed by atoms with Crippen LogP contribution in [0.2, 0.25) is 0 Å². The number of benzene rings is 2. The Morgan fingerprint density at radius 3 is 1.97 bits per heavy atom. The maximum atomic E-state index is 13.2. The minimum Gasteiger partial charge on any atom is -0.379 e. The molecule has 0 radical (unpaired) electrons. The standard InChI is InChI=1S/C21H28N2O5S2/c1-14-6-7-19(13-20(14)30(26,27)23-8-10-28-11-9-23)22-29(24,25)21-17(4)15(2)12-16(3)18(21)5/h6-7,12-13,22H,8-11H2,1-5H3. The van der Waals surface area contributed by atoms with E-state index in [0.717, 1.165) is 11.1 Å². The van der Waals surface area contributed by atoms with Gasteiger partial charge in [0.1, 0.15) is 0 Å². The van der Waals surface area contributed by atoms with E-state index in [1.807, 2.05) is 19.9 Å². The Labute approximate surface area is 179 Å². The summed E-state index contributed by atoms with van der Waals surface area (Å²) in [7, 11) is -7.64. The fourth-order valence-electron chi connectivity index (χ4n) is 3.66. The predicted molar refractivity (Wildman–Crippen MR) is 117 cm³/mol. The van der Waals surface area contributed by atoms with Gasteiger partial charge in [-0.15, -0.1) is 0 Å². The molecule has 1 fully saturated rings. The van der Waals surface area contributed by atoms with Gasteiger partial charge in [-0.1, -0.05) is 12.1 Å². The lowest BCUT2D eigenvalue weighted by Crippen LogP contribution is -2.40. The highest BCUT2D eigenvalue weighted by molar-refractivity contribution is 7.92. The van der Waals surface area contributed by atoms with Crippen LogP contribution in [0, 0.1) is 34.6 Å². The molecule has 1 saturated heterocycles. The molecule has 30 heavy (non-hydrogen) atoms. The maximum absolute atomic E-state index is 13.2. The van der Waals surface area contributed by atoms with Gasteiger partial charge in [-0.25, -0.2) is 16.8 Å². The van der Waals surface area contributed by atoms with Crippen molar-refractivity contribution in [3.63, 3.8) is 0 Å². The molecule has 0 amide bonds. The third kappa shape index (κ3) is 4.25. The summed E-state index contributed by atoms with van der Waals surface area (Å²) in [5, 5.41) is 0. The number of aryl methyl sites for hydroxylation is 3. The molecule has 164 valence electrons. The number of nitrogens with one attached hydrogen (secondary N) is 1. The molecule has 0 atom stereocenters. The fourth-order valence-corrected chi connectivity index (χ4v) is 6.98. The molecule has 0 aromatic heterocycles. The zero-order chi connectivity index (χ0) is 22.3. The van der Waals surface area contributed by atoms with Crippen LogP contribution in [0.25, 0.3) is 0 Å². The number of hydrogen-bond donors (Lipinski definition) is 1. The first kappa shape index (κ1) is 22.7. The molecule has 1 N–H and O–H groups in total. The molecule has 7 nitrogen and oxygen atoms in total. The molecule has 1 heterocycles. The highest BCUT2D eigenvalue weighted by Gasteiger charge is 2.29. The Kier molecular flexibility index (Phi) is 6.29. The molecule has 0 unspecified atom stereocenters. The lowest BCUT2D eigenvalue weighted by Gasteiger charge is -2.27. The van der Waals surface area contributed by atoms with Crippen LogP contribution in [0.5, 0.6) is 0 Å². The second-order valence-electron chi connectivity index (χ2n) is 7.69. The maximum Gasteiger partial charge on any atom is 0.262 e. The van der Waals surface area contributed by atoms with Gasteiger partial charge in [-0.05, 0) is 74.6 Å². The van der Waals surface area contributed by atoms with Crippen molar-refractivity contribution in [2.24, 2.45) is 0 Å². The Balaban J connectivity index is 2.02. The van der Waals surface area contributed by atoms with E-state index in [9.17, 15) is 16.8 Å². The number of morpholine rings is 1. The molecule has 2 aromatic rings. The number of hydrogen-bond acceptors (Lipinski definition) is 5. The summed E-state index contributed by atoms with van der Waals surface area (Å²) in [6.07, 6.45) is 0. The van der Waals surface area contributed by atoms with Crippen LogP contribution in [-0.4, -0.2) is 47.4 Å². The molecule has 1 aliphatic rings. The lowest BCUT2D eigenvalue weighted by molar-refractivity contribution is 0.0730. The summed E-state index contributed by atoms with van der Waals surface area (Å²) in [4.78, 5) is 0.330. The van der Waals surface area contributed by atoms with Crippen LogP contribution >= 0.6 is 0 Å². The highest BCUT2D eigenvalue weighted by Crippen LogP contribution is 2.30. The average Bonchev–Trinajstić information content (AvgIpc) is 2.68. The average molecular weight is 453 g/mol. The normalized spacial score (nSPS) is 15.9. The van der Waals surface area contributed by atoms with E-state index < -0.39 is 20.0 Å². The van der Waals surface area contributed by atoms with Gasteiger partial charge >= 0.3 is 0 Å². The van der Waals surface area contributed by atoms with Crippen LogP contribution in [0.1, 0.15) is 27.8 Å². The molecule has 3 rings (SSSR count). The first-order valence-electron chi connectivity index (χ1n) is 9.74. The van der Waals surface area contributed by atoms with Crippen molar-refractivity contribution < 1.29 is 21.6 Å². The molecular weight excluding hydrogens is 424 g/mol. The summed E-state index contributed by atoms with van der Waals surface area (Å²) in [6.45, 7) is 10.2. The largest absolute Gasteiger partial charge is 0.379 e. The van der Waals surface area contributed by atoms with E-state index in [4.69, 9.17) is 4.74 Å². The quantitative estimate of drug-likeness (QED) is 0.753.